The molecule has 2 unspecified atom stereocenters. The summed E-state index contributed by atoms with van der Waals surface area (Å²) in [5.41, 5.74) is 0.527. The molecule has 1 saturated heterocycles. The highest BCUT2D eigenvalue weighted by Gasteiger charge is 2.28. The van der Waals surface area contributed by atoms with Crippen molar-refractivity contribution in [1.29, 1.82) is 0 Å². The molecule has 1 amide bonds. The standard InChI is InChI=1S/C23H32F2N8O/c1-26-21-29-22(31-23(30-21)33-10-8-32(2)9-11-33)28-17-5-3-4-16(13-17)20(34)27-14-15-6-7-18(24)19(25)12-15/h6-7,12,16-17H,3-5,8-11,13-14H2,1-2H3,(H,27,34)(H2,26,28,29,30,31). The van der Waals surface area contributed by atoms with Gasteiger partial charge in [0.2, 0.25) is 23.8 Å². The molecule has 2 aromatic rings. The fourth-order valence-corrected chi connectivity index (χ4v) is 4.41. The van der Waals surface area contributed by atoms with Gasteiger partial charge < -0.3 is 25.8 Å². The minimum absolute atomic E-state index is 0.0558. The molecule has 0 spiro atoms. The Balaban J connectivity index is 1.36. The lowest BCUT2D eigenvalue weighted by Crippen LogP contribution is -2.45. The van der Waals surface area contributed by atoms with E-state index in [1.165, 1.54) is 6.07 Å². The Morgan fingerprint density at radius 2 is 1.82 bits per heavy atom. The predicted octanol–water partition coefficient (Wildman–Crippen LogP) is 2.23. The number of carbonyl (C=O) groups is 1. The van der Waals surface area contributed by atoms with E-state index in [1.54, 1.807) is 7.05 Å². The Bertz CT molecular complexity index is 999. The van der Waals surface area contributed by atoms with Crippen molar-refractivity contribution in [3.8, 4) is 0 Å². The summed E-state index contributed by atoms with van der Waals surface area (Å²) in [6.07, 6.45) is 3.24. The average molecular weight is 475 g/mol. The van der Waals surface area contributed by atoms with E-state index in [4.69, 9.17) is 0 Å². The SMILES string of the molecule is CNc1nc(NC2CCCC(C(=O)NCc3ccc(F)c(F)c3)C2)nc(N2CCN(C)CC2)n1. The number of carbonyl (C=O) groups excluding carboxylic acids is 1. The molecule has 184 valence electrons. The number of amides is 1. The summed E-state index contributed by atoms with van der Waals surface area (Å²) in [7, 11) is 3.88. The van der Waals surface area contributed by atoms with E-state index in [-0.39, 0.29) is 24.4 Å². The van der Waals surface area contributed by atoms with Gasteiger partial charge in [-0.15, -0.1) is 0 Å². The van der Waals surface area contributed by atoms with E-state index >= 15 is 0 Å². The van der Waals surface area contributed by atoms with Crippen LogP contribution in [0.2, 0.25) is 0 Å². The number of nitrogens with zero attached hydrogens (tertiary/aromatic N) is 5. The van der Waals surface area contributed by atoms with Gasteiger partial charge in [0.25, 0.3) is 0 Å². The number of hydrogen-bond acceptors (Lipinski definition) is 8. The second-order valence-electron chi connectivity index (χ2n) is 8.99. The molecule has 0 bridgehead atoms. The van der Waals surface area contributed by atoms with Crippen LogP contribution in [0.1, 0.15) is 31.2 Å². The molecule has 1 saturated carbocycles. The van der Waals surface area contributed by atoms with E-state index in [2.05, 4.69) is 47.7 Å². The molecule has 1 aromatic heterocycles. The molecule has 4 rings (SSSR count). The highest BCUT2D eigenvalue weighted by molar-refractivity contribution is 5.78. The van der Waals surface area contributed by atoms with Crippen molar-refractivity contribution in [2.24, 2.45) is 5.92 Å². The van der Waals surface area contributed by atoms with Crippen LogP contribution >= 0.6 is 0 Å². The normalized spacial score (nSPS) is 21.2. The molecule has 1 aliphatic carbocycles. The van der Waals surface area contributed by atoms with Gasteiger partial charge in [-0.2, -0.15) is 15.0 Å². The summed E-state index contributed by atoms with van der Waals surface area (Å²) >= 11 is 0. The van der Waals surface area contributed by atoms with Gasteiger partial charge >= 0.3 is 0 Å². The van der Waals surface area contributed by atoms with Gasteiger partial charge in [-0.25, -0.2) is 8.78 Å². The summed E-state index contributed by atoms with van der Waals surface area (Å²) in [4.78, 5) is 30.8. The zero-order valence-electron chi connectivity index (χ0n) is 19.7. The van der Waals surface area contributed by atoms with E-state index in [0.717, 1.165) is 57.6 Å². The third kappa shape index (κ3) is 6.07. The minimum Gasteiger partial charge on any atom is -0.357 e. The Labute approximate surface area is 198 Å². The van der Waals surface area contributed by atoms with Gasteiger partial charge in [-0.1, -0.05) is 12.5 Å². The summed E-state index contributed by atoms with van der Waals surface area (Å²) in [6, 6.07) is 3.71. The minimum atomic E-state index is -0.914. The largest absolute Gasteiger partial charge is 0.357 e. The van der Waals surface area contributed by atoms with Crippen molar-refractivity contribution in [3.05, 3.63) is 35.4 Å². The summed E-state index contributed by atoms with van der Waals surface area (Å²) in [6.45, 7) is 3.78. The molecule has 2 aliphatic rings. The Hall–Kier alpha value is -3.08. The van der Waals surface area contributed by atoms with Gasteiger partial charge in [0.1, 0.15) is 0 Å². The third-order valence-electron chi connectivity index (χ3n) is 6.46. The highest BCUT2D eigenvalue weighted by atomic mass is 19.2. The fourth-order valence-electron chi connectivity index (χ4n) is 4.41. The first kappa shape index (κ1) is 24.1. The van der Waals surface area contributed by atoms with Crippen molar-refractivity contribution in [1.82, 2.24) is 25.2 Å². The number of halogens is 2. The van der Waals surface area contributed by atoms with Crippen molar-refractivity contribution in [3.63, 3.8) is 0 Å². The second-order valence-corrected chi connectivity index (χ2v) is 8.99. The van der Waals surface area contributed by atoms with E-state index < -0.39 is 11.6 Å². The van der Waals surface area contributed by atoms with Crippen LogP contribution in [0, 0.1) is 17.6 Å². The molecule has 9 nitrogen and oxygen atoms in total. The summed E-state index contributed by atoms with van der Waals surface area (Å²) in [5, 5.41) is 9.27. The van der Waals surface area contributed by atoms with Crippen LogP contribution in [-0.4, -0.2) is 72.1 Å². The van der Waals surface area contributed by atoms with Crippen LogP contribution < -0.4 is 20.9 Å². The van der Waals surface area contributed by atoms with Crippen molar-refractivity contribution >= 4 is 23.8 Å². The zero-order valence-corrected chi connectivity index (χ0v) is 19.7. The monoisotopic (exact) mass is 474 g/mol. The number of benzene rings is 1. The number of anilines is 3. The number of piperazine rings is 1. The average Bonchev–Trinajstić information content (AvgIpc) is 2.85. The highest BCUT2D eigenvalue weighted by Crippen LogP contribution is 2.27. The molecule has 1 aromatic carbocycles. The quantitative estimate of drug-likeness (QED) is 0.562. The molecular formula is C23H32F2N8O. The van der Waals surface area contributed by atoms with Crippen molar-refractivity contribution in [2.75, 3.05) is 55.8 Å². The maximum Gasteiger partial charge on any atom is 0.232 e. The lowest BCUT2D eigenvalue weighted by molar-refractivity contribution is -0.126. The zero-order chi connectivity index (χ0) is 24.1. The first-order valence-corrected chi connectivity index (χ1v) is 11.8. The Kier molecular flexibility index (Phi) is 7.71. The number of hydrogen-bond donors (Lipinski definition) is 3. The number of likely N-dealkylation sites (N-methyl/N-ethyl adjacent to an activating group) is 1. The fraction of sp³-hybridized carbons (Fsp3) is 0.565. The molecule has 34 heavy (non-hydrogen) atoms. The van der Waals surface area contributed by atoms with Crippen LogP contribution in [0.25, 0.3) is 0 Å². The van der Waals surface area contributed by atoms with Gasteiger partial charge in [-0.3, -0.25) is 4.79 Å². The lowest BCUT2D eigenvalue weighted by Gasteiger charge is -2.33. The smallest absolute Gasteiger partial charge is 0.232 e. The maximum atomic E-state index is 13.4. The molecule has 1 aliphatic heterocycles. The topological polar surface area (TPSA) is 98.3 Å². The van der Waals surface area contributed by atoms with E-state index in [1.807, 2.05) is 0 Å². The van der Waals surface area contributed by atoms with Crippen LogP contribution in [0.4, 0.5) is 26.6 Å². The van der Waals surface area contributed by atoms with Gasteiger partial charge in [-0.05, 0) is 44.0 Å². The number of aromatic nitrogens is 3. The molecule has 3 N–H and O–H groups in total. The summed E-state index contributed by atoms with van der Waals surface area (Å²) in [5.74, 6) is -0.411. The number of nitrogens with one attached hydrogen (secondary N) is 3. The third-order valence-corrected chi connectivity index (χ3v) is 6.46. The molecule has 11 heteroatoms. The molecule has 2 heterocycles. The molecule has 2 atom stereocenters. The van der Waals surface area contributed by atoms with Crippen LogP contribution in [0.3, 0.4) is 0 Å². The van der Waals surface area contributed by atoms with Gasteiger partial charge in [0.05, 0.1) is 0 Å². The molecule has 2 fully saturated rings. The predicted molar refractivity (Wildman–Crippen MR) is 127 cm³/mol. The van der Waals surface area contributed by atoms with Crippen LogP contribution in [0.5, 0.6) is 0 Å². The first-order chi connectivity index (χ1) is 16.4. The second kappa shape index (κ2) is 10.9. The lowest BCUT2D eigenvalue weighted by atomic mass is 9.85. The Morgan fingerprint density at radius 3 is 2.56 bits per heavy atom. The van der Waals surface area contributed by atoms with Crippen LogP contribution in [0.15, 0.2) is 18.2 Å². The van der Waals surface area contributed by atoms with Crippen molar-refractivity contribution in [2.45, 2.75) is 38.3 Å². The van der Waals surface area contributed by atoms with Gasteiger partial charge in [0, 0.05) is 51.7 Å². The van der Waals surface area contributed by atoms with E-state index in [0.29, 0.717) is 29.8 Å². The molecule has 0 radical (unpaired) electrons. The van der Waals surface area contributed by atoms with E-state index in [9.17, 15) is 13.6 Å². The Morgan fingerprint density at radius 1 is 1.06 bits per heavy atom. The van der Waals surface area contributed by atoms with Gasteiger partial charge in [0.15, 0.2) is 11.6 Å². The number of rotatable bonds is 7. The first-order valence-electron chi connectivity index (χ1n) is 11.8. The van der Waals surface area contributed by atoms with Crippen LogP contribution in [-0.2, 0) is 11.3 Å². The maximum absolute atomic E-state index is 13.4. The molecular weight excluding hydrogens is 442 g/mol. The van der Waals surface area contributed by atoms with Crippen molar-refractivity contribution < 1.29 is 13.6 Å². The summed E-state index contributed by atoms with van der Waals surface area (Å²) < 4.78 is 26.5.